The molecule has 0 spiro atoms. The summed E-state index contributed by atoms with van der Waals surface area (Å²) in [6.07, 6.45) is 2.15. The van der Waals surface area contributed by atoms with Crippen LogP contribution in [-0.4, -0.2) is 19.7 Å². The molecule has 0 saturated carbocycles. The van der Waals surface area contributed by atoms with Crippen LogP contribution < -0.4 is 9.62 Å². The van der Waals surface area contributed by atoms with Gasteiger partial charge in [-0.05, 0) is 36.2 Å². The first-order chi connectivity index (χ1) is 16.0. The summed E-state index contributed by atoms with van der Waals surface area (Å²) in [4.78, 5) is 17.6. The van der Waals surface area contributed by atoms with E-state index in [2.05, 4.69) is 10.3 Å². The number of halogens is 1. The van der Waals surface area contributed by atoms with Crippen LogP contribution in [0.2, 0.25) is 0 Å². The van der Waals surface area contributed by atoms with Crippen molar-refractivity contribution in [2.24, 2.45) is 0 Å². The van der Waals surface area contributed by atoms with Gasteiger partial charge >= 0.3 is 0 Å². The molecule has 0 saturated heterocycles. The lowest BCUT2D eigenvalue weighted by Crippen LogP contribution is -2.31. The van der Waals surface area contributed by atoms with Crippen LogP contribution in [0.3, 0.4) is 0 Å². The van der Waals surface area contributed by atoms with Gasteiger partial charge in [0.15, 0.2) is 0 Å². The van der Waals surface area contributed by atoms with Crippen molar-refractivity contribution in [2.75, 3.05) is 4.31 Å². The SMILES string of the molecule is CCC(NC(=O)c1c(F)cccc1N(c1cccc2cccnc12)S(=O)O)c1ccccc1. The van der Waals surface area contributed by atoms with Gasteiger partial charge in [-0.1, -0.05) is 61.5 Å². The van der Waals surface area contributed by atoms with Gasteiger partial charge in [0.05, 0.1) is 28.5 Å². The molecule has 4 rings (SSSR count). The number of nitrogens with zero attached hydrogens (tertiary/aromatic N) is 2. The Morgan fingerprint density at radius 1 is 1.03 bits per heavy atom. The maximum atomic E-state index is 15.0. The summed E-state index contributed by atoms with van der Waals surface area (Å²) in [5.41, 5.74) is 1.26. The zero-order valence-electron chi connectivity index (χ0n) is 17.8. The van der Waals surface area contributed by atoms with Crippen LogP contribution in [0, 0.1) is 5.82 Å². The lowest BCUT2D eigenvalue weighted by Gasteiger charge is -2.25. The Kier molecular flexibility index (Phi) is 6.76. The number of amides is 1. The Morgan fingerprint density at radius 3 is 2.45 bits per heavy atom. The van der Waals surface area contributed by atoms with Gasteiger partial charge in [-0.25, -0.2) is 12.9 Å². The molecule has 3 aromatic carbocycles. The van der Waals surface area contributed by atoms with Crippen molar-refractivity contribution in [3.8, 4) is 0 Å². The second-order valence-corrected chi connectivity index (χ2v) is 8.18. The maximum absolute atomic E-state index is 15.0. The molecule has 2 unspecified atom stereocenters. The standard InChI is InChI=1S/C25H22FN3O3S/c1-2-20(17-9-4-3-5-10-17)28-25(30)23-19(26)13-7-14-21(23)29(33(31)32)22-15-6-11-18-12-8-16-27-24(18)22/h3-16,20H,2H2,1H3,(H,28,30)(H,31,32). The molecule has 1 heterocycles. The van der Waals surface area contributed by atoms with Crippen LogP contribution >= 0.6 is 0 Å². The molecule has 2 N–H and O–H groups in total. The van der Waals surface area contributed by atoms with Gasteiger partial charge in [-0.2, -0.15) is 0 Å². The molecule has 0 aliphatic heterocycles. The molecule has 33 heavy (non-hydrogen) atoms. The fourth-order valence-electron chi connectivity index (χ4n) is 3.79. The molecular formula is C25H22FN3O3S. The molecule has 1 amide bonds. The first-order valence-corrected chi connectivity index (χ1v) is 11.5. The zero-order chi connectivity index (χ0) is 23.4. The van der Waals surface area contributed by atoms with Crippen LogP contribution in [0.4, 0.5) is 15.8 Å². The molecule has 0 radical (unpaired) electrons. The molecule has 4 aromatic rings. The zero-order valence-corrected chi connectivity index (χ0v) is 18.6. The summed E-state index contributed by atoms with van der Waals surface area (Å²) in [6.45, 7) is 1.91. The van der Waals surface area contributed by atoms with Crippen LogP contribution in [0.1, 0.15) is 35.3 Å². The number of pyridine rings is 1. The number of rotatable bonds is 7. The summed E-state index contributed by atoms with van der Waals surface area (Å²) in [5.74, 6) is -1.47. The highest BCUT2D eigenvalue weighted by atomic mass is 32.2. The van der Waals surface area contributed by atoms with E-state index >= 15 is 4.39 Å². The quantitative estimate of drug-likeness (QED) is 0.353. The van der Waals surface area contributed by atoms with Crippen molar-refractivity contribution in [3.63, 3.8) is 0 Å². The van der Waals surface area contributed by atoms with Gasteiger partial charge in [0.2, 0.25) is 0 Å². The number of aromatic nitrogens is 1. The van der Waals surface area contributed by atoms with E-state index in [4.69, 9.17) is 0 Å². The molecule has 0 bridgehead atoms. The summed E-state index contributed by atoms with van der Waals surface area (Å²) >= 11 is -2.60. The predicted octanol–water partition coefficient (Wildman–Crippen LogP) is 5.53. The van der Waals surface area contributed by atoms with Crippen molar-refractivity contribution >= 4 is 39.5 Å². The van der Waals surface area contributed by atoms with Gasteiger partial charge in [-0.3, -0.25) is 14.3 Å². The second-order valence-electron chi connectivity index (χ2n) is 7.36. The topological polar surface area (TPSA) is 82.5 Å². The van der Waals surface area contributed by atoms with Crippen molar-refractivity contribution < 1.29 is 17.9 Å². The number of benzene rings is 3. The van der Waals surface area contributed by atoms with Crippen LogP contribution in [0.25, 0.3) is 10.9 Å². The van der Waals surface area contributed by atoms with Crippen molar-refractivity contribution in [3.05, 3.63) is 102 Å². The highest BCUT2D eigenvalue weighted by molar-refractivity contribution is 7.81. The van der Waals surface area contributed by atoms with E-state index in [1.807, 2.05) is 49.4 Å². The lowest BCUT2D eigenvalue weighted by molar-refractivity contribution is 0.0932. The van der Waals surface area contributed by atoms with E-state index in [1.165, 1.54) is 12.1 Å². The molecule has 0 fully saturated rings. The third-order valence-corrected chi connectivity index (χ3v) is 6.05. The highest BCUT2D eigenvalue weighted by Gasteiger charge is 2.27. The van der Waals surface area contributed by atoms with Gasteiger partial charge in [0.25, 0.3) is 17.2 Å². The molecule has 1 aromatic heterocycles. The Bertz CT molecular complexity index is 1310. The van der Waals surface area contributed by atoms with E-state index in [-0.39, 0.29) is 23.0 Å². The molecule has 8 heteroatoms. The molecule has 0 aliphatic rings. The second kappa shape index (κ2) is 9.89. The minimum Gasteiger partial charge on any atom is -0.345 e. The van der Waals surface area contributed by atoms with Crippen molar-refractivity contribution in [1.82, 2.24) is 10.3 Å². The minimum absolute atomic E-state index is 0.0330. The predicted molar refractivity (Wildman–Crippen MR) is 128 cm³/mol. The first-order valence-electron chi connectivity index (χ1n) is 10.4. The van der Waals surface area contributed by atoms with Gasteiger partial charge in [0, 0.05) is 11.6 Å². The summed E-state index contributed by atoms with van der Waals surface area (Å²) in [6, 6.07) is 21.7. The molecule has 2 atom stereocenters. The van der Waals surface area contributed by atoms with E-state index < -0.39 is 23.0 Å². The fraction of sp³-hybridized carbons (Fsp3) is 0.120. The van der Waals surface area contributed by atoms with Gasteiger partial charge in [-0.15, -0.1) is 0 Å². The number of carbonyl (C=O) groups is 1. The molecular weight excluding hydrogens is 441 g/mol. The van der Waals surface area contributed by atoms with Gasteiger partial charge < -0.3 is 5.32 Å². The smallest absolute Gasteiger partial charge is 0.266 e. The average Bonchev–Trinajstić information content (AvgIpc) is 2.83. The number of hydrogen-bond acceptors (Lipinski definition) is 3. The molecule has 6 nitrogen and oxygen atoms in total. The minimum atomic E-state index is -2.60. The third-order valence-electron chi connectivity index (χ3n) is 5.34. The number of carbonyl (C=O) groups excluding carboxylic acids is 1. The Morgan fingerprint density at radius 2 is 1.73 bits per heavy atom. The van der Waals surface area contributed by atoms with E-state index in [0.29, 0.717) is 11.9 Å². The normalized spacial score (nSPS) is 12.8. The summed E-state index contributed by atoms with van der Waals surface area (Å²) in [5, 5.41) is 3.60. The number of hydrogen-bond donors (Lipinski definition) is 2. The monoisotopic (exact) mass is 463 g/mol. The number of nitrogens with one attached hydrogen (secondary N) is 1. The highest BCUT2D eigenvalue weighted by Crippen LogP contribution is 2.35. The third kappa shape index (κ3) is 4.62. The van der Waals surface area contributed by atoms with Crippen LogP contribution in [0.15, 0.2) is 85.1 Å². The van der Waals surface area contributed by atoms with Crippen molar-refractivity contribution in [2.45, 2.75) is 19.4 Å². The molecule has 0 aliphatic carbocycles. The van der Waals surface area contributed by atoms with E-state index in [0.717, 1.165) is 21.3 Å². The first kappa shape index (κ1) is 22.6. The Balaban J connectivity index is 1.81. The number of para-hydroxylation sites is 1. The average molecular weight is 464 g/mol. The number of fused-ring (bicyclic) bond motifs is 1. The summed E-state index contributed by atoms with van der Waals surface area (Å²) in [7, 11) is 0. The maximum Gasteiger partial charge on any atom is 0.266 e. The lowest BCUT2D eigenvalue weighted by atomic mass is 10.0. The van der Waals surface area contributed by atoms with Crippen LogP contribution in [-0.2, 0) is 11.3 Å². The fourth-order valence-corrected chi connectivity index (χ4v) is 4.43. The Hall–Kier alpha value is -3.62. The van der Waals surface area contributed by atoms with E-state index in [1.54, 1.807) is 24.4 Å². The Labute approximate surface area is 193 Å². The van der Waals surface area contributed by atoms with Crippen LogP contribution in [0.5, 0.6) is 0 Å². The van der Waals surface area contributed by atoms with E-state index in [9.17, 15) is 13.6 Å². The summed E-state index contributed by atoms with van der Waals surface area (Å²) < 4.78 is 38.7. The van der Waals surface area contributed by atoms with Crippen molar-refractivity contribution in [1.29, 1.82) is 0 Å². The molecule has 168 valence electrons. The van der Waals surface area contributed by atoms with Gasteiger partial charge in [0.1, 0.15) is 5.82 Å². The largest absolute Gasteiger partial charge is 0.345 e. The number of anilines is 2.